The molecular weight excluding hydrogens is 355 g/mol. The minimum atomic E-state index is -0.918. The molecule has 3 rings (SSSR count). The Hall–Kier alpha value is -2.12. The Morgan fingerprint density at radius 3 is 3.00 bits per heavy atom. The van der Waals surface area contributed by atoms with Gasteiger partial charge in [0.1, 0.15) is 17.4 Å². The number of thiazole rings is 1. The topological polar surface area (TPSA) is 62.7 Å². The zero-order valence-corrected chi connectivity index (χ0v) is 14.1. The molecule has 5 nitrogen and oxygen atoms in total. The third-order valence-electron chi connectivity index (χ3n) is 3.63. The molecule has 1 amide bonds. The molecule has 0 saturated carbocycles. The third-order valence-corrected chi connectivity index (χ3v) is 4.76. The number of ether oxygens (including phenoxy) is 1. The maximum atomic E-state index is 13.7. The van der Waals surface area contributed by atoms with Crippen LogP contribution >= 0.6 is 22.9 Å². The fraction of sp³-hybridized carbons (Fsp3) is 0.250. The first-order chi connectivity index (χ1) is 11.5. The molecule has 2 aromatic rings. The molecule has 1 aliphatic heterocycles. The molecule has 8 heteroatoms. The van der Waals surface area contributed by atoms with E-state index >= 15 is 0 Å². The molecule has 126 valence electrons. The van der Waals surface area contributed by atoms with E-state index in [1.807, 2.05) is 6.08 Å². The predicted molar refractivity (Wildman–Crippen MR) is 90.0 cm³/mol. The summed E-state index contributed by atoms with van der Waals surface area (Å²) >= 11 is 7.14. The van der Waals surface area contributed by atoms with E-state index in [4.69, 9.17) is 21.4 Å². The lowest BCUT2D eigenvalue weighted by Gasteiger charge is -2.22. The summed E-state index contributed by atoms with van der Waals surface area (Å²) in [7, 11) is 0. The van der Waals surface area contributed by atoms with Crippen LogP contribution in [0.4, 0.5) is 9.18 Å². The summed E-state index contributed by atoms with van der Waals surface area (Å²) in [4.78, 5) is 16.6. The van der Waals surface area contributed by atoms with Gasteiger partial charge in [-0.2, -0.15) is 0 Å². The first-order valence-electron chi connectivity index (χ1n) is 7.22. The highest BCUT2D eigenvalue weighted by Gasteiger charge is 2.18. The van der Waals surface area contributed by atoms with Crippen LogP contribution in [0.25, 0.3) is 5.57 Å². The van der Waals surface area contributed by atoms with Gasteiger partial charge < -0.3 is 14.7 Å². The van der Waals surface area contributed by atoms with Crippen molar-refractivity contribution in [3.63, 3.8) is 0 Å². The second-order valence-corrected chi connectivity index (χ2v) is 6.52. The average Bonchev–Trinajstić information content (AvgIpc) is 3.03. The lowest BCUT2D eigenvalue weighted by atomic mass is 10.1. The standard InChI is InChI=1S/C16H14ClFN2O3S/c17-12-2-1-11(13(18)7-12)8-23-14-9-24-15(19-14)10-3-5-20(6-4-10)16(21)22/h1-3,7,9H,4-6,8H2,(H,21,22). The van der Waals surface area contributed by atoms with Gasteiger partial charge in [0.2, 0.25) is 5.88 Å². The number of carboxylic acid groups (broad SMARTS) is 1. The minimum Gasteiger partial charge on any atom is -0.472 e. The molecule has 1 N–H and O–H groups in total. The van der Waals surface area contributed by atoms with Crippen molar-refractivity contribution in [2.45, 2.75) is 13.0 Å². The molecule has 0 fully saturated rings. The molecular formula is C16H14ClFN2O3S. The van der Waals surface area contributed by atoms with Crippen LogP contribution in [0, 0.1) is 5.82 Å². The first-order valence-corrected chi connectivity index (χ1v) is 8.48. The van der Waals surface area contributed by atoms with Crippen LogP contribution in [0.5, 0.6) is 5.88 Å². The third kappa shape index (κ3) is 3.85. The van der Waals surface area contributed by atoms with E-state index in [1.165, 1.54) is 22.3 Å². The molecule has 0 unspecified atom stereocenters. The minimum absolute atomic E-state index is 0.0675. The van der Waals surface area contributed by atoms with Crippen LogP contribution in [0.1, 0.15) is 17.0 Å². The van der Waals surface area contributed by atoms with Crippen LogP contribution in [0.15, 0.2) is 29.7 Å². The highest BCUT2D eigenvalue weighted by molar-refractivity contribution is 7.11. The van der Waals surface area contributed by atoms with Crippen molar-refractivity contribution in [3.8, 4) is 5.88 Å². The summed E-state index contributed by atoms with van der Waals surface area (Å²) in [6.07, 6.45) is 1.56. The van der Waals surface area contributed by atoms with Crippen molar-refractivity contribution >= 4 is 34.6 Å². The number of carbonyl (C=O) groups is 1. The number of benzene rings is 1. The second kappa shape index (κ2) is 7.19. The van der Waals surface area contributed by atoms with Crippen LogP contribution in [0.2, 0.25) is 5.02 Å². The summed E-state index contributed by atoms with van der Waals surface area (Å²) in [6, 6.07) is 4.43. The van der Waals surface area contributed by atoms with E-state index in [0.717, 1.165) is 10.6 Å². The number of rotatable bonds is 4. The summed E-state index contributed by atoms with van der Waals surface area (Å²) in [5.74, 6) is 0.00705. The molecule has 0 spiro atoms. The van der Waals surface area contributed by atoms with Crippen LogP contribution in [0.3, 0.4) is 0 Å². The zero-order valence-electron chi connectivity index (χ0n) is 12.5. The molecule has 1 aromatic carbocycles. The molecule has 0 bridgehead atoms. The van der Waals surface area contributed by atoms with Gasteiger partial charge in [0.25, 0.3) is 0 Å². The van der Waals surface area contributed by atoms with Crippen LogP contribution < -0.4 is 4.74 Å². The van der Waals surface area contributed by atoms with Crippen molar-refractivity contribution in [1.82, 2.24) is 9.88 Å². The van der Waals surface area contributed by atoms with Gasteiger partial charge in [0.05, 0.1) is 5.38 Å². The van der Waals surface area contributed by atoms with Crippen molar-refractivity contribution in [2.75, 3.05) is 13.1 Å². The van der Waals surface area contributed by atoms with Gasteiger partial charge in [-0.1, -0.05) is 23.7 Å². The predicted octanol–water partition coefficient (Wildman–Crippen LogP) is 4.28. The van der Waals surface area contributed by atoms with E-state index in [9.17, 15) is 9.18 Å². The highest BCUT2D eigenvalue weighted by atomic mass is 35.5. The van der Waals surface area contributed by atoms with E-state index in [2.05, 4.69) is 4.98 Å². The lowest BCUT2D eigenvalue weighted by molar-refractivity contribution is 0.150. The molecule has 1 aromatic heterocycles. The molecule has 0 aliphatic carbocycles. The zero-order chi connectivity index (χ0) is 17.1. The van der Waals surface area contributed by atoms with E-state index in [0.29, 0.717) is 36.0 Å². The van der Waals surface area contributed by atoms with Gasteiger partial charge in [-0.15, -0.1) is 11.3 Å². The Morgan fingerprint density at radius 2 is 2.33 bits per heavy atom. The molecule has 0 radical (unpaired) electrons. The largest absolute Gasteiger partial charge is 0.472 e. The summed E-state index contributed by atoms with van der Waals surface area (Å²) in [6.45, 7) is 0.876. The maximum absolute atomic E-state index is 13.7. The van der Waals surface area contributed by atoms with Crippen molar-refractivity contribution in [3.05, 3.63) is 51.1 Å². The van der Waals surface area contributed by atoms with Gasteiger partial charge in [0.15, 0.2) is 0 Å². The summed E-state index contributed by atoms with van der Waals surface area (Å²) in [5, 5.41) is 11.8. The molecule has 0 atom stereocenters. The Morgan fingerprint density at radius 1 is 1.50 bits per heavy atom. The highest BCUT2D eigenvalue weighted by Crippen LogP contribution is 2.28. The summed E-state index contributed by atoms with van der Waals surface area (Å²) < 4.78 is 19.2. The molecule has 0 saturated heterocycles. The average molecular weight is 369 g/mol. The lowest BCUT2D eigenvalue weighted by Crippen LogP contribution is -2.33. The summed E-state index contributed by atoms with van der Waals surface area (Å²) in [5.41, 5.74) is 1.41. The van der Waals surface area contributed by atoms with Gasteiger partial charge in [0, 0.05) is 23.7 Å². The van der Waals surface area contributed by atoms with E-state index in [1.54, 1.807) is 17.5 Å². The first kappa shape index (κ1) is 16.7. The quantitative estimate of drug-likeness (QED) is 0.874. The van der Waals surface area contributed by atoms with Crippen molar-refractivity contribution < 1.29 is 19.0 Å². The maximum Gasteiger partial charge on any atom is 0.407 e. The van der Waals surface area contributed by atoms with E-state index in [-0.39, 0.29) is 6.61 Å². The molecule has 24 heavy (non-hydrogen) atoms. The van der Waals surface area contributed by atoms with Gasteiger partial charge >= 0.3 is 6.09 Å². The number of aromatic nitrogens is 1. The van der Waals surface area contributed by atoms with Crippen molar-refractivity contribution in [2.24, 2.45) is 0 Å². The second-order valence-electron chi connectivity index (χ2n) is 5.22. The normalized spacial score (nSPS) is 14.4. The Labute approximate surface area is 147 Å². The fourth-order valence-electron chi connectivity index (χ4n) is 2.30. The van der Waals surface area contributed by atoms with E-state index < -0.39 is 11.9 Å². The Bertz CT molecular complexity index is 793. The SMILES string of the molecule is O=C(O)N1CC=C(c2nc(OCc3ccc(Cl)cc3F)cs2)CC1. The van der Waals surface area contributed by atoms with Crippen LogP contribution in [-0.2, 0) is 6.61 Å². The van der Waals surface area contributed by atoms with Crippen molar-refractivity contribution in [1.29, 1.82) is 0 Å². The molecule has 1 aliphatic rings. The number of amides is 1. The number of hydrogen-bond acceptors (Lipinski definition) is 4. The monoisotopic (exact) mass is 368 g/mol. The fourth-order valence-corrected chi connectivity index (χ4v) is 3.27. The molecule has 2 heterocycles. The number of hydrogen-bond donors (Lipinski definition) is 1. The van der Waals surface area contributed by atoms with Gasteiger partial charge in [-0.3, -0.25) is 0 Å². The Balaban J connectivity index is 1.63. The Kier molecular flexibility index (Phi) is 5.01. The van der Waals surface area contributed by atoms with Gasteiger partial charge in [-0.25, -0.2) is 14.2 Å². The van der Waals surface area contributed by atoms with Gasteiger partial charge in [-0.05, 0) is 24.1 Å². The number of halogens is 2. The number of nitrogens with zero attached hydrogens (tertiary/aromatic N) is 2. The smallest absolute Gasteiger partial charge is 0.407 e. The van der Waals surface area contributed by atoms with Crippen LogP contribution in [-0.4, -0.2) is 34.2 Å².